The Morgan fingerprint density at radius 1 is 1.31 bits per heavy atom. The minimum absolute atomic E-state index is 0.193. The van der Waals surface area contributed by atoms with Crippen molar-refractivity contribution in [3.05, 3.63) is 0 Å². The number of carbonyl (C=O) groups is 1. The van der Waals surface area contributed by atoms with Gasteiger partial charge in [-0.2, -0.15) is 0 Å². The van der Waals surface area contributed by atoms with Gasteiger partial charge in [-0.1, -0.05) is 20.3 Å². The van der Waals surface area contributed by atoms with Crippen LogP contribution in [0.3, 0.4) is 0 Å². The Hall–Kier alpha value is -0.433. The van der Waals surface area contributed by atoms with Gasteiger partial charge in [0, 0.05) is 20.3 Å². The molecule has 1 rings (SSSR count). The Bertz CT molecular complexity index is 254. The molecule has 1 saturated heterocycles. The van der Waals surface area contributed by atoms with E-state index in [-0.39, 0.29) is 12.6 Å². The van der Waals surface area contributed by atoms with Crippen LogP contribution in [-0.4, -0.2) is 41.2 Å². The molecule has 94 valence electrons. The molecule has 5 nitrogen and oxygen atoms in total. The molecule has 0 radical (unpaired) electrons. The minimum Gasteiger partial charge on any atom is -0.442 e. The van der Waals surface area contributed by atoms with E-state index in [1.54, 1.807) is 14.2 Å². The van der Waals surface area contributed by atoms with E-state index < -0.39 is 14.4 Å². The van der Waals surface area contributed by atoms with Crippen molar-refractivity contribution >= 4 is 14.8 Å². The highest BCUT2D eigenvalue weighted by atomic mass is 28.4. The highest BCUT2D eigenvalue weighted by Crippen LogP contribution is 2.34. The van der Waals surface area contributed by atoms with Crippen LogP contribution in [0.15, 0.2) is 0 Å². The van der Waals surface area contributed by atoms with Gasteiger partial charge in [-0.25, -0.2) is 4.79 Å². The molecule has 1 fully saturated rings. The molecular weight excluding hydrogens is 228 g/mol. The molecule has 0 spiro atoms. The van der Waals surface area contributed by atoms with Crippen molar-refractivity contribution in [2.75, 3.05) is 20.8 Å². The molecule has 1 heterocycles. The van der Waals surface area contributed by atoms with E-state index in [2.05, 4.69) is 0 Å². The summed E-state index contributed by atoms with van der Waals surface area (Å²) in [6.45, 7) is 4.17. The minimum atomic E-state index is -2.59. The summed E-state index contributed by atoms with van der Waals surface area (Å²) in [5, 5.41) is 0. The van der Waals surface area contributed by atoms with Crippen molar-refractivity contribution in [3.63, 3.8) is 0 Å². The lowest BCUT2D eigenvalue weighted by molar-refractivity contribution is -0.117. The third kappa shape index (κ3) is 2.63. The van der Waals surface area contributed by atoms with E-state index >= 15 is 0 Å². The van der Waals surface area contributed by atoms with Crippen LogP contribution in [0.5, 0.6) is 0 Å². The summed E-state index contributed by atoms with van der Waals surface area (Å²) >= 11 is 0. The van der Waals surface area contributed by atoms with Crippen LogP contribution in [0.1, 0.15) is 26.7 Å². The molecule has 16 heavy (non-hydrogen) atoms. The fourth-order valence-corrected chi connectivity index (χ4v) is 3.59. The zero-order chi connectivity index (χ0) is 12.2. The van der Waals surface area contributed by atoms with Gasteiger partial charge in [0.2, 0.25) is 5.60 Å². The average molecular weight is 248 g/mol. The summed E-state index contributed by atoms with van der Waals surface area (Å²) in [6.07, 6.45) is 1.54. The van der Waals surface area contributed by atoms with Crippen molar-refractivity contribution in [1.29, 1.82) is 0 Å². The SMILES string of the molecule is CCC[Si](OC)(OC)OCC1(CC)OC1=O. The number of carbonyl (C=O) groups excluding carboxylic acids is 1. The van der Waals surface area contributed by atoms with Crippen molar-refractivity contribution in [2.24, 2.45) is 0 Å². The molecule has 0 bridgehead atoms. The fourth-order valence-electron chi connectivity index (χ4n) is 1.57. The van der Waals surface area contributed by atoms with Gasteiger partial charge in [0.1, 0.15) is 0 Å². The standard InChI is InChI=1S/C10H20O5Si/c1-5-7-16(12-3,13-4)14-8-10(6-2)9(11)15-10/h5-8H2,1-4H3. The maximum Gasteiger partial charge on any atom is 0.500 e. The molecular formula is C10H20O5Si. The first kappa shape index (κ1) is 13.6. The van der Waals surface area contributed by atoms with Gasteiger partial charge in [0.25, 0.3) is 0 Å². The molecule has 1 unspecified atom stereocenters. The number of hydrogen-bond donors (Lipinski definition) is 0. The van der Waals surface area contributed by atoms with Crippen LogP contribution in [-0.2, 0) is 22.8 Å². The lowest BCUT2D eigenvalue weighted by Gasteiger charge is -2.26. The summed E-state index contributed by atoms with van der Waals surface area (Å²) in [5.74, 6) is -0.193. The van der Waals surface area contributed by atoms with E-state index in [4.69, 9.17) is 18.0 Å². The largest absolute Gasteiger partial charge is 0.500 e. The van der Waals surface area contributed by atoms with Crippen molar-refractivity contribution in [1.82, 2.24) is 0 Å². The van der Waals surface area contributed by atoms with Gasteiger partial charge in [-0.15, -0.1) is 0 Å². The van der Waals surface area contributed by atoms with E-state index in [1.165, 1.54) is 0 Å². The molecule has 0 amide bonds. The van der Waals surface area contributed by atoms with Crippen molar-refractivity contribution < 1.29 is 22.8 Å². The van der Waals surface area contributed by atoms with Crippen LogP contribution in [0.2, 0.25) is 6.04 Å². The second-order valence-electron chi connectivity index (χ2n) is 3.87. The van der Waals surface area contributed by atoms with Gasteiger partial charge in [0.15, 0.2) is 0 Å². The second-order valence-corrected chi connectivity index (χ2v) is 6.84. The van der Waals surface area contributed by atoms with Crippen LogP contribution < -0.4 is 0 Å². The van der Waals surface area contributed by atoms with E-state index in [0.29, 0.717) is 6.42 Å². The maximum atomic E-state index is 11.1. The lowest BCUT2D eigenvalue weighted by Crippen LogP contribution is -2.46. The predicted octanol–water partition coefficient (Wildman–Crippen LogP) is 1.35. The number of epoxide rings is 1. The lowest BCUT2D eigenvalue weighted by atomic mass is 10.1. The summed E-state index contributed by atoms with van der Waals surface area (Å²) in [5.41, 5.74) is -0.733. The number of ether oxygens (including phenoxy) is 1. The summed E-state index contributed by atoms with van der Waals surface area (Å²) in [7, 11) is 0.575. The summed E-state index contributed by atoms with van der Waals surface area (Å²) < 4.78 is 21.4. The number of cyclic esters (lactones) is 1. The molecule has 6 heteroatoms. The number of rotatable bonds is 8. The Morgan fingerprint density at radius 3 is 2.19 bits per heavy atom. The summed E-state index contributed by atoms with van der Waals surface area (Å²) in [4.78, 5) is 11.1. The second kappa shape index (κ2) is 5.26. The normalized spacial score (nSPS) is 24.4. The van der Waals surface area contributed by atoms with Crippen LogP contribution in [0.4, 0.5) is 0 Å². The van der Waals surface area contributed by atoms with Crippen molar-refractivity contribution in [3.8, 4) is 0 Å². The molecule has 0 aromatic rings. The van der Waals surface area contributed by atoms with E-state index in [0.717, 1.165) is 12.5 Å². The summed E-state index contributed by atoms with van der Waals surface area (Å²) in [6, 6.07) is 0.744. The molecule has 0 aromatic heterocycles. The highest BCUT2D eigenvalue weighted by molar-refractivity contribution is 6.60. The van der Waals surface area contributed by atoms with Gasteiger partial charge < -0.3 is 18.0 Å². The molecule has 1 aliphatic heterocycles. The Balaban J connectivity index is 2.53. The predicted molar refractivity (Wildman–Crippen MR) is 59.9 cm³/mol. The van der Waals surface area contributed by atoms with Gasteiger partial charge >= 0.3 is 14.8 Å². The maximum absolute atomic E-state index is 11.1. The van der Waals surface area contributed by atoms with Crippen LogP contribution in [0, 0.1) is 0 Å². The monoisotopic (exact) mass is 248 g/mol. The molecule has 1 aliphatic rings. The molecule has 0 saturated carbocycles. The third-order valence-corrected chi connectivity index (χ3v) is 5.83. The Labute approximate surface area is 97.4 Å². The highest BCUT2D eigenvalue weighted by Gasteiger charge is 2.58. The van der Waals surface area contributed by atoms with E-state index in [1.807, 2.05) is 13.8 Å². The van der Waals surface area contributed by atoms with Gasteiger partial charge in [0.05, 0.1) is 6.61 Å². The molecule has 0 aliphatic carbocycles. The van der Waals surface area contributed by atoms with Gasteiger partial charge in [-0.05, 0) is 6.42 Å². The zero-order valence-corrected chi connectivity index (χ0v) is 11.4. The third-order valence-electron chi connectivity index (χ3n) is 2.89. The van der Waals surface area contributed by atoms with Crippen molar-refractivity contribution in [2.45, 2.75) is 38.3 Å². The molecule has 1 atom stereocenters. The molecule has 0 aromatic carbocycles. The van der Waals surface area contributed by atoms with Gasteiger partial charge in [-0.3, -0.25) is 0 Å². The zero-order valence-electron chi connectivity index (χ0n) is 10.4. The molecule has 0 N–H and O–H groups in total. The first-order chi connectivity index (χ1) is 7.58. The Morgan fingerprint density at radius 2 is 1.88 bits per heavy atom. The fraction of sp³-hybridized carbons (Fsp3) is 0.900. The smallest absolute Gasteiger partial charge is 0.442 e. The quantitative estimate of drug-likeness (QED) is 0.479. The number of hydrogen-bond acceptors (Lipinski definition) is 5. The first-order valence-electron chi connectivity index (χ1n) is 5.55. The Kier molecular flexibility index (Phi) is 4.49. The average Bonchev–Trinajstić information content (AvgIpc) is 2.96. The van der Waals surface area contributed by atoms with Crippen LogP contribution in [0.25, 0.3) is 0 Å². The first-order valence-corrected chi connectivity index (χ1v) is 7.49. The van der Waals surface area contributed by atoms with E-state index in [9.17, 15) is 4.79 Å². The van der Waals surface area contributed by atoms with Crippen LogP contribution >= 0.6 is 0 Å². The topological polar surface area (TPSA) is 57.3 Å².